The molecular weight excluding hydrogens is 429 g/mol. The van der Waals surface area contributed by atoms with E-state index in [1.54, 1.807) is 0 Å². The first-order chi connectivity index (χ1) is 9.38. The van der Waals surface area contributed by atoms with Crippen molar-refractivity contribution in [3.05, 3.63) is 37.5 Å². The molecule has 20 heavy (non-hydrogen) atoms. The van der Waals surface area contributed by atoms with Gasteiger partial charge in [0.15, 0.2) is 5.82 Å². The van der Waals surface area contributed by atoms with Gasteiger partial charge in [-0.05, 0) is 65.6 Å². The molecule has 0 saturated carbocycles. The molecule has 1 aromatic carbocycles. The molecule has 0 atom stereocenters. The van der Waals surface area contributed by atoms with Gasteiger partial charge in [0.1, 0.15) is 5.82 Å². The zero-order chi connectivity index (χ0) is 14.9. The Bertz CT molecular complexity index is 641. The van der Waals surface area contributed by atoms with Crippen molar-refractivity contribution in [2.24, 2.45) is 5.92 Å². The van der Waals surface area contributed by atoms with Gasteiger partial charge in [0.05, 0.1) is 9.26 Å². The quantitative estimate of drug-likeness (QED) is 0.702. The van der Waals surface area contributed by atoms with Crippen LogP contribution in [0.25, 0.3) is 11.4 Å². The maximum atomic E-state index is 6.05. The molecule has 2 aromatic rings. The van der Waals surface area contributed by atoms with E-state index in [9.17, 15) is 0 Å². The smallest absolute Gasteiger partial charge is 0.162 e. The van der Waals surface area contributed by atoms with Crippen molar-refractivity contribution in [2.75, 3.05) is 5.73 Å². The van der Waals surface area contributed by atoms with E-state index in [0.717, 1.165) is 31.3 Å². The summed E-state index contributed by atoms with van der Waals surface area (Å²) in [5, 5.41) is 0. The first-order valence-electron chi connectivity index (χ1n) is 6.47. The zero-order valence-corrected chi connectivity index (χ0v) is 15.5. The summed E-state index contributed by atoms with van der Waals surface area (Å²) in [6.07, 6.45) is 0.910. The minimum atomic E-state index is 0.539. The summed E-state index contributed by atoms with van der Waals surface area (Å²) in [5.41, 5.74) is 9.24. The SMILES string of the molecule is Cc1cc(Br)ccc1-c1nc(N)c(I)c(CC(C)C)n1. The highest BCUT2D eigenvalue weighted by Crippen LogP contribution is 2.27. The Morgan fingerprint density at radius 3 is 2.60 bits per heavy atom. The van der Waals surface area contributed by atoms with E-state index in [4.69, 9.17) is 10.7 Å². The second kappa shape index (κ2) is 6.39. The molecule has 1 heterocycles. The average molecular weight is 446 g/mol. The van der Waals surface area contributed by atoms with E-state index in [1.165, 1.54) is 0 Å². The normalized spacial score (nSPS) is 11.1. The second-order valence-corrected chi connectivity index (χ2v) is 7.24. The largest absolute Gasteiger partial charge is 0.383 e. The van der Waals surface area contributed by atoms with Gasteiger partial charge in [0.25, 0.3) is 0 Å². The Morgan fingerprint density at radius 1 is 1.30 bits per heavy atom. The van der Waals surface area contributed by atoms with Gasteiger partial charge in [-0.3, -0.25) is 0 Å². The Kier molecular flexibility index (Phi) is 5.01. The Labute approximate surface area is 141 Å². The number of halogens is 2. The van der Waals surface area contributed by atoms with Crippen LogP contribution in [0, 0.1) is 16.4 Å². The highest BCUT2D eigenvalue weighted by atomic mass is 127. The number of nitrogen functional groups attached to an aromatic ring is 1. The Hall–Kier alpha value is -0.690. The van der Waals surface area contributed by atoms with Crippen molar-refractivity contribution in [3.8, 4) is 11.4 Å². The van der Waals surface area contributed by atoms with Crippen molar-refractivity contribution in [3.63, 3.8) is 0 Å². The summed E-state index contributed by atoms with van der Waals surface area (Å²) in [6, 6.07) is 6.09. The number of aromatic nitrogens is 2. The van der Waals surface area contributed by atoms with E-state index in [2.05, 4.69) is 70.3 Å². The van der Waals surface area contributed by atoms with E-state index in [-0.39, 0.29) is 0 Å². The second-order valence-electron chi connectivity index (χ2n) is 5.25. The first kappa shape index (κ1) is 15.7. The Morgan fingerprint density at radius 2 is 2.00 bits per heavy atom. The molecule has 0 radical (unpaired) electrons. The number of nitrogens with zero attached hydrogens (tertiary/aromatic N) is 2. The highest BCUT2D eigenvalue weighted by Gasteiger charge is 2.14. The molecule has 0 amide bonds. The molecule has 2 rings (SSSR count). The number of anilines is 1. The van der Waals surface area contributed by atoms with Crippen LogP contribution < -0.4 is 5.73 Å². The van der Waals surface area contributed by atoms with Gasteiger partial charge < -0.3 is 5.73 Å². The molecule has 2 N–H and O–H groups in total. The third kappa shape index (κ3) is 3.49. The van der Waals surface area contributed by atoms with Gasteiger partial charge in [-0.25, -0.2) is 9.97 Å². The van der Waals surface area contributed by atoms with Gasteiger partial charge >= 0.3 is 0 Å². The molecule has 3 nitrogen and oxygen atoms in total. The lowest BCUT2D eigenvalue weighted by Crippen LogP contribution is -2.08. The summed E-state index contributed by atoms with van der Waals surface area (Å²) >= 11 is 5.71. The highest BCUT2D eigenvalue weighted by molar-refractivity contribution is 14.1. The molecule has 0 spiro atoms. The first-order valence-corrected chi connectivity index (χ1v) is 8.34. The third-order valence-electron chi connectivity index (χ3n) is 2.98. The number of rotatable bonds is 3. The van der Waals surface area contributed by atoms with Crippen molar-refractivity contribution < 1.29 is 0 Å². The van der Waals surface area contributed by atoms with Crippen LogP contribution in [0.1, 0.15) is 25.1 Å². The topological polar surface area (TPSA) is 51.8 Å². The average Bonchev–Trinajstić information content (AvgIpc) is 2.34. The minimum Gasteiger partial charge on any atom is -0.383 e. The van der Waals surface area contributed by atoms with E-state index >= 15 is 0 Å². The summed E-state index contributed by atoms with van der Waals surface area (Å²) in [4.78, 5) is 9.17. The lowest BCUT2D eigenvalue weighted by atomic mass is 10.1. The van der Waals surface area contributed by atoms with Gasteiger partial charge in [-0.15, -0.1) is 0 Å². The predicted octanol–water partition coefficient (Wildman–Crippen LogP) is 4.60. The molecule has 0 aliphatic heterocycles. The van der Waals surface area contributed by atoms with Crippen LogP contribution in [-0.4, -0.2) is 9.97 Å². The van der Waals surface area contributed by atoms with Crippen molar-refractivity contribution in [1.82, 2.24) is 9.97 Å². The molecule has 106 valence electrons. The lowest BCUT2D eigenvalue weighted by molar-refractivity contribution is 0.632. The van der Waals surface area contributed by atoms with Gasteiger partial charge in [0, 0.05) is 10.0 Å². The minimum absolute atomic E-state index is 0.539. The van der Waals surface area contributed by atoms with Crippen LogP contribution in [-0.2, 0) is 6.42 Å². The monoisotopic (exact) mass is 445 g/mol. The van der Waals surface area contributed by atoms with E-state index in [0.29, 0.717) is 17.6 Å². The van der Waals surface area contributed by atoms with Crippen LogP contribution in [0.15, 0.2) is 22.7 Å². The molecule has 1 aromatic heterocycles. The van der Waals surface area contributed by atoms with Gasteiger partial charge in [0.2, 0.25) is 0 Å². The molecule has 0 bridgehead atoms. The molecule has 0 unspecified atom stereocenters. The fraction of sp³-hybridized carbons (Fsp3) is 0.333. The number of nitrogens with two attached hydrogens (primary N) is 1. The third-order valence-corrected chi connectivity index (χ3v) is 4.64. The van der Waals surface area contributed by atoms with Crippen molar-refractivity contribution >= 4 is 44.3 Å². The summed E-state index contributed by atoms with van der Waals surface area (Å²) < 4.78 is 2.02. The lowest BCUT2D eigenvalue weighted by Gasteiger charge is -2.12. The summed E-state index contributed by atoms with van der Waals surface area (Å²) in [7, 11) is 0. The van der Waals surface area contributed by atoms with Gasteiger partial charge in [-0.1, -0.05) is 29.8 Å². The van der Waals surface area contributed by atoms with Crippen LogP contribution in [0.2, 0.25) is 0 Å². The van der Waals surface area contributed by atoms with Crippen LogP contribution >= 0.6 is 38.5 Å². The fourth-order valence-corrected chi connectivity index (χ4v) is 2.97. The predicted molar refractivity (Wildman–Crippen MR) is 95.6 cm³/mol. The summed E-state index contributed by atoms with van der Waals surface area (Å²) in [6.45, 7) is 6.41. The molecule has 0 aliphatic rings. The fourth-order valence-electron chi connectivity index (χ4n) is 2.03. The molecule has 5 heteroatoms. The Balaban J connectivity index is 2.54. The number of aryl methyl sites for hydroxylation is 1. The standard InChI is InChI=1S/C15H17BrIN3/c1-8(2)6-12-13(17)14(18)20-15(19-12)11-5-4-10(16)7-9(11)3/h4-5,7-8H,6H2,1-3H3,(H2,18,19,20). The van der Waals surface area contributed by atoms with E-state index in [1.807, 2.05) is 12.1 Å². The van der Waals surface area contributed by atoms with Crippen LogP contribution in [0.3, 0.4) is 0 Å². The van der Waals surface area contributed by atoms with Crippen LogP contribution in [0.4, 0.5) is 5.82 Å². The van der Waals surface area contributed by atoms with Crippen molar-refractivity contribution in [2.45, 2.75) is 27.2 Å². The molecule has 0 fully saturated rings. The molecular formula is C15H17BrIN3. The molecule has 0 aliphatic carbocycles. The summed E-state index contributed by atoms with van der Waals surface area (Å²) in [5.74, 6) is 1.81. The number of hydrogen-bond acceptors (Lipinski definition) is 3. The van der Waals surface area contributed by atoms with Gasteiger partial charge in [-0.2, -0.15) is 0 Å². The number of hydrogen-bond donors (Lipinski definition) is 1. The maximum absolute atomic E-state index is 6.05. The van der Waals surface area contributed by atoms with E-state index < -0.39 is 0 Å². The maximum Gasteiger partial charge on any atom is 0.162 e. The molecule has 0 saturated heterocycles. The number of benzene rings is 1. The van der Waals surface area contributed by atoms with Crippen molar-refractivity contribution in [1.29, 1.82) is 0 Å². The zero-order valence-electron chi connectivity index (χ0n) is 11.7. The van der Waals surface area contributed by atoms with Crippen LogP contribution in [0.5, 0.6) is 0 Å².